The van der Waals surface area contributed by atoms with Gasteiger partial charge in [-0.1, -0.05) is 35.6 Å². The number of carbonyl (C=O) groups excluding carboxylic acids is 1. The Balaban J connectivity index is 2.29. The molecule has 4 nitrogen and oxygen atoms in total. The summed E-state index contributed by atoms with van der Waals surface area (Å²) in [5.74, 6) is -0.116. The molecule has 0 fully saturated rings. The van der Waals surface area contributed by atoms with Gasteiger partial charge in [0.15, 0.2) is 5.78 Å². The second kappa shape index (κ2) is 2.99. The van der Waals surface area contributed by atoms with Gasteiger partial charge in [0, 0.05) is 22.8 Å². The molecule has 1 aliphatic carbocycles. The zero-order chi connectivity index (χ0) is 11.3. The lowest BCUT2D eigenvalue weighted by atomic mass is 10.1. The van der Waals surface area contributed by atoms with Crippen molar-refractivity contribution in [3.05, 3.63) is 51.6 Å². The minimum atomic E-state index is -0.459. The Kier molecular flexibility index (Phi) is 1.73. The van der Waals surface area contributed by atoms with Crippen molar-refractivity contribution in [2.24, 2.45) is 0 Å². The molecule has 0 bridgehead atoms. The lowest BCUT2D eigenvalue weighted by Gasteiger charge is -1.94. The molecule has 1 aliphatic rings. The van der Waals surface area contributed by atoms with E-state index in [2.05, 4.69) is 0 Å². The lowest BCUT2D eigenvalue weighted by Crippen LogP contribution is -1.93. The van der Waals surface area contributed by atoms with Crippen molar-refractivity contribution < 1.29 is 9.72 Å². The quantitative estimate of drug-likeness (QED) is 0.478. The maximum Gasteiger partial charge on any atom is 0.325 e. The first kappa shape index (κ1) is 9.23. The Hall–Kier alpha value is -2.01. The molecular formula is C11H5NO3S. The van der Waals surface area contributed by atoms with Crippen LogP contribution in [0.1, 0.15) is 15.9 Å². The van der Waals surface area contributed by atoms with E-state index in [1.807, 2.05) is 12.1 Å². The SMILES string of the molecule is O=C1c2ccccc2-c2sc([N+](=O)[O-])cc21. The Labute approximate surface area is 94.3 Å². The van der Waals surface area contributed by atoms with Gasteiger partial charge in [-0.05, 0) is 0 Å². The number of hydrogen-bond acceptors (Lipinski definition) is 4. The topological polar surface area (TPSA) is 60.2 Å². The van der Waals surface area contributed by atoms with Crippen molar-refractivity contribution in [1.82, 2.24) is 0 Å². The van der Waals surface area contributed by atoms with Crippen molar-refractivity contribution in [3.8, 4) is 10.4 Å². The van der Waals surface area contributed by atoms with E-state index in [0.29, 0.717) is 16.0 Å². The third-order valence-corrected chi connectivity index (χ3v) is 3.68. The van der Waals surface area contributed by atoms with Gasteiger partial charge in [-0.3, -0.25) is 14.9 Å². The van der Waals surface area contributed by atoms with Crippen LogP contribution in [0.25, 0.3) is 10.4 Å². The Morgan fingerprint density at radius 1 is 1.12 bits per heavy atom. The number of nitro groups is 1. The lowest BCUT2D eigenvalue weighted by molar-refractivity contribution is -0.380. The standard InChI is InChI=1S/C11H5NO3S/c13-10-6-3-1-2-4-7(6)11-8(10)5-9(16-11)12(14)15/h1-5H. The van der Waals surface area contributed by atoms with Crippen LogP contribution in [0.3, 0.4) is 0 Å². The smallest absolute Gasteiger partial charge is 0.289 e. The third kappa shape index (κ3) is 1.06. The van der Waals surface area contributed by atoms with Gasteiger partial charge >= 0.3 is 5.00 Å². The Morgan fingerprint density at radius 3 is 2.50 bits per heavy atom. The van der Waals surface area contributed by atoms with Crippen LogP contribution in [0.15, 0.2) is 30.3 Å². The summed E-state index contributed by atoms with van der Waals surface area (Å²) < 4.78 is 0. The van der Waals surface area contributed by atoms with Crippen LogP contribution in [0.4, 0.5) is 5.00 Å². The summed E-state index contributed by atoms with van der Waals surface area (Å²) in [5, 5.41) is 10.7. The molecule has 0 saturated heterocycles. The summed E-state index contributed by atoms with van der Waals surface area (Å²) in [6, 6.07) is 8.55. The molecule has 78 valence electrons. The first-order valence-electron chi connectivity index (χ1n) is 4.61. The normalized spacial score (nSPS) is 12.4. The maximum absolute atomic E-state index is 11.9. The molecule has 0 aliphatic heterocycles. The maximum atomic E-state index is 11.9. The molecule has 0 atom stereocenters. The van der Waals surface area contributed by atoms with Gasteiger partial charge in [0.2, 0.25) is 0 Å². The van der Waals surface area contributed by atoms with Gasteiger partial charge in [0.05, 0.1) is 9.80 Å². The zero-order valence-electron chi connectivity index (χ0n) is 7.97. The highest BCUT2D eigenvalue weighted by atomic mass is 32.1. The second-order valence-electron chi connectivity index (χ2n) is 3.46. The number of rotatable bonds is 1. The fourth-order valence-electron chi connectivity index (χ4n) is 1.86. The van der Waals surface area contributed by atoms with Crippen LogP contribution in [0.2, 0.25) is 0 Å². The van der Waals surface area contributed by atoms with Crippen molar-refractivity contribution in [2.75, 3.05) is 0 Å². The Bertz CT molecular complexity index is 630. The summed E-state index contributed by atoms with van der Waals surface area (Å²) in [5.41, 5.74) is 1.90. The molecule has 0 saturated carbocycles. The fraction of sp³-hybridized carbons (Fsp3) is 0. The van der Waals surface area contributed by atoms with Gasteiger partial charge in [-0.15, -0.1) is 0 Å². The van der Waals surface area contributed by atoms with Crippen LogP contribution < -0.4 is 0 Å². The van der Waals surface area contributed by atoms with E-state index >= 15 is 0 Å². The Morgan fingerprint density at radius 2 is 1.81 bits per heavy atom. The number of carbonyl (C=O) groups is 1. The van der Waals surface area contributed by atoms with Crippen molar-refractivity contribution >= 4 is 22.1 Å². The van der Waals surface area contributed by atoms with Gasteiger partial charge in [0.25, 0.3) is 0 Å². The number of thiophene rings is 1. The molecule has 1 aromatic carbocycles. The van der Waals surface area contributed by atoms with Crippen molar-refractivity contribution in [2.45, 2.75) is 0 Å². The molecule has 0 amide bonds. The first-order valence-corrected chi connectivity index (χ1v) is 5.42. The van der Waals surface area contributed by atoms with Gasteiger partial charge < -0.3 is 0 Å². The second-order valence-corrected chi connectivity index (χ2v) is 4.49. The van der Waals surface area contributed by atoms with E-state index in [1.165, 1.54) is 6.07 Å². The molecule has 0 N–H and O–H groups in total. The highest BCUT2D eigenvalue weighted by Gasteiger charge is 2.31. The van der Waals surface area contributed by atoms with Gasteiger partial charge in [0.1, 0.15) is 0 Å². The summed E-state index contributed by atoms with van der Waals surface area (Å²) >= 11 is 1.06. The third-order valence-electron chi connectivity index (χ3n) is 2.56. The van der Waals surface area contributed by atoms with Crippen LogP contribution in [0, 0.1) is 10.1 Å². The zero-order valence-corrected chi connectivity index (χ0v) is 8.78. The van der Waals surface area contributed by atoms with Gasteiger partial charge in [-0.25, -0.2) is 0 Å². The average Bonchev–Trinajstić information content (AvgIpc) is 2.81. The number of hydrogen-bond donors (Lipinski definition) is 0. The minimum absolute atomic E-state index is 0.0212. The molecule has 5 heteroatoms. The molecular weight excluding hydrogens is 226 g/mol. The van der Waals surface area contributed by atoms with E-state index < -0.39 is 4.92 Å². The number of nitrogens with zero attached hydrogens (tertiary/aromatic N) is 1. The minimum Gasteiger partial charge on any atom is -0.289 e. The predicted octanol–water partition coefficient (Wildman–Crippen LogP) is 2.87. The molecule has 1 heterocycles. The summed E-state index contributed by atoms with van der Waals surface area (Å²) in [7, 11) is 0. The molecule has 3 rings (SSSR count). The summed E-state index contributed by atoms with van der Waals surface area (Å²) in [6.07, 6.45) is 0. The van der Waals surface area contributed by atoms with Gasteiger partial charge in [-0.2, -0.15) is 0 Å². The highest BCUT2D eigenvalue weighted by molar-refractivity contribution is 7.19. The summed E-state index contributed by atoms with van der Waals surface area (Å²) in [6.45, 7) is 0. The predicted molar refractivity (Wildman–Crippen MR) is 59.8 cm³/mol. The molecule has 2 aromatic rings. The van der Waals surface area contributed by atoms with E-state index in [1.54, 1.807) is 12.1 Å². The van der Waals surface area contributed by atoms with E-state index in [4.69, 9.17) is 0 Å². The van der Waals surface area contributed by atoms with E-state index in [0.717, 1.165) is 16.9 Å². The summed E-state index contributed by atoms with van der Waals surface area (Å²) in [4.78, 5) is 22.8. The van der Waals surface area contributed by atoms with Crippen molar-refractivity contribution in [1.29, 1.82) is 0 Å². The molecule has 1 aromatic heterocycles. The number of ketones is 1. The van der Waals surface area contributed by atoms with E-state index in [-0.39, 0.29) is 10.8 Å². The van der Waals surface area contributed by atoms with Crippen LogP contribution >= 0.6 is 11.3 Å². The fourth-order valence-corrected chi connectivity index (χ4v) is 2.87. The first-order chi connectivity index (χ1) is 7.68. The molecule has 0 unspecified atom stereocenters. The average molecular weight is 231 g/mol. The highest BCUT2D eigenvalue weighted by Crippen LogP contribution is 2.44. The number of fused-ring (bicyclic) bond motifs is 3. The van der Waals surface area contributed by atoms with Crippen LogP contribution in [-0.4, -0.2) is 10.7 Å². The van der Waals surface area contributed by atoms with Crippen molar-refractivity contribution in [3.63, 3.8) is 0 Å². The molecule has 0 spiro atoms. The molecule has 16 heavy (non-hydrogen) atoms. The van der Waals surface area contributed by atoms with E-state index in [9.17, 15) is 14.9 Å². The van der Waals surface area contributed by atoms with Crippen LogP contribution in [-0.2, 0) is 0 Å². The largest absolute Gasteiger partial charge is 0.325 e. The monoisotopic (exact) mass is 231 g/mol. The van der Waals surface area contributed by atoms with Crippen LogP contribution in [0.5, 0.6) is 0 Å². The number of benzene rings is 1. The molecule has 0 radical (unpaired) electrons.